The molecule has 2 N–H and O–H groups in total. The lowest BCUT2D eigenvalue weighted by Gasteiger charge is -1.99. The van der Waals surface area contributed by atoms with Gasteiger partial charge < -0.3 is 5.73 Å². The van der Waals surface area contributed by atoms with Crippen LogP contribution in [0, 0.1) is 0 Å². The predicted octanol–water partition coefficient (Wildman–Crippen LogP) is 0.657. The largest absolute Gasteiger partial charge is 0.325 e. The molecule has 0 unspecified atom stereocenters. The van der Waals surface area contributed by atoms with Crippen molar-refractivity contribution in [3.05, 3.63) is 18.1 Å². The highest BCUT2D eigenvalue weighted by atomic mass is 32.2. The summed E-state index contributed by atoms with van der Waals surface area (Å²) in [6.45, 7) is 0.462. The van der Waals surface area contributed by atoms with Gasteiger partial charge in [0.15, 0.2) is 0 Å². The molecule has 0 radical (unpaired) electrons. The molecule has 1 rings (SSSR count). The minimum Gasteiger partial charge on any atom is -0.325 e. The van der Waals surface area contributed by atoms with Crippen LogP contribution in [0.1, 0.15) is 5.69 Å². The first kappa shape index (κ1) is 7.50. The molecule has 0 saturated carbocycles. The fraction of sp³-hybridized carbons (Fsp3) is 0.333. The van der Waals surface area contributed by atoms with Gasteiger partial charge in [-0.2, -0.15) is 0 Å². The fourth-order valence-electron chi connectivity index (χ4n) is 0.665. The Kier molecular flexibility index (Phi) is 2.65. The Labute approximate surface area is 64.1 Å². The quantitative estimate of drug-likeness (QED) is 0.637. The van der Waals surface area contributed by atoms with E-state index in [2.05, 4.69) is 9.97 Å². The van der Waals surface area contributed by atoms with Crippen LogP contribution in [0.15, 0.2) is 17.4 Å². The van der Waals surface area contributed by atoms with Gasteiger partial charge in [-0.05, 0) is 6.26 Å². The van der Waals surface area contributed by atoms with Gasteiger partial charge in [-0.1, -0.05) is 0 Å². The lowest BCUT2D eigenvalue weighted by molar-refractivity contribution is 0.888. The Balaban J connectivity index is 2.96. The summed E-state index contributed by atoms with van der Waals surface area (Å²) in [4.78, 5) is 8.15. The van der Waals surface area contributed by atoms with Crippen LogP contribution in [0.3, 0.4) is 0 Å². The van der Waals surface area contributed by atoms with E-state index in [0.717, 1.165) is 10.7 Å². The minimum atomic E-state index is 0.462. The van der Waals surface area contributed by atoms with Gasteiger partial charge in [0.25, 0.3) is 0 Å². The van der Waals surface area contributed by atoms with Crippen molar-refractivity contribution in [2.45, 2.75) is 11.6 Å². The highest BCUT2D eigenvalue weighted by Crippen LogP contribution is 2.12. The van der Waals surface area contributed by atoms with Gasteiger partial charge in [0.1, 0.15) is 5.03 Å². The summed E-state index contributed by atoms with van der Waals surface area (Å²) in [6.07, 6.45) is 5.29. The SMILES string of the molecule is CSc1nccnc1CN. The molecule has 0 bridgehead atoms. The second kappa shape index (κ2) is 3.53. The molecule has 0 atom stereocenters. The molecule has 0 saturated heterocycles. The molecule has 0 fully saturated rings. The van der Waals surface area contributed by atoms with Crippen LogP contribution in [0.25, 0.3) is 0 Å². The molecule has 0 aliphatic rings. The molecule has 0 aromatic carbocycles. The van der Waals surface area contributed by atoms with Gasteiger partial charge in [-0.15, -0.1) is 11.8 Å². The van der Waals surface area contributed by atoms with E-state index in [4.69, 9.17) is 5.73 Å². The van der Waals surface area contributed by atoms with Crippen molar-refractivity contribution < 1.29 is 0 Å². The standard InChI is InChI=1S/C6H9N3S/c1-10-6-5(4-7)8-2-3-9-6/h2-3H,4,7H2,1H3. The maximum atomic E-state index is 5.41. The molecule has 54 valence electrons. The monoisotopic (exact) mass is 155 g/mol. The zero-order valence-corrected chi connectivity index (χ0v) is 6.56. The Morgan fingerprint density at radius 1 is 1.50 bits per heavy atom. The predicted molar refractivity (Wildman–Crippen MR) is 41.7 cm³/mol. The van der Waals surface area contributed by atoms with Gasteiger partial charge in [0.05, 0.1) is 5.69 Å². The first-order valence-corrected chi connectivity index (χ1v) is 4.15. The smallest absolute Gasteiger partial charge is 0.119 e. The Morgan fingerprint density at radius 3 is 2.70 bits per heavy atom. The van der Waals surface area contributed by atoms with Crippen LogP contribution in [0.2, 0.25) is 0 Å². The average molecular weight is 155 g/mol. The van der Waals surface area contributed by atoms with Crippen molar-refractivity contribution in [3.63, 3.8) is 0 Å². The van der Waals surface area contributed by atoms with Crippen molar-refractivity contribution in [1.29, 1.82) is 0 Å². The van der Waals surface area contributed by atoms with Crippen LogP contribution < -0.4 is 5.73 Å². The van der Waals surface area contributed by atoms with Gasteiger partial charge in [0.2, 0.25) is 0 Å². The molecule has 1 aromatic heterocycles. The van der Waals surface area contributed by atoms with Gasteiger partial charge in [-0.25, -0.2) is 4.98 Å². The lowest BCUT2D eigenvalue weighted by atomic mass is 10.5. The molecule has 0 spiro atoms. The molecule has 4 heteroatoms. The Hall–Kier alpha value is -0.610. The number of hydrogen-bond donors (Lipinski definition) is 1. The van der Waals surface area contributed by atoms with Crippen molar-refractivity contribution in [1.82, 2.24) is 9.97 Å². The number of nitrogens with two attached hydrogens (primary N) is 1. The minimum absolute atomic E-state index is 0.462. The van der Waals surface area contributed by atoms with Crippen molar-refractivity contribution in [2.24, 2.45) is 5.73 Å². The Bertz CT molecular complexity index is 191. The summed E-state index contributed by atoms with van der Waals surface area (Å²) < 4.78 is 0. The second-order valence-electron chi connectivity index (χ2n) is 1.72. The molecule has 0 amide bonds. The molecule has 10 heavy (non-hydrogen) atoms. The molecule has 0 aliphatic carbocycles. The highest BCUT2D eigenvalue weighted by molar-refractivity contribution is 7.98. The van der Waals surface area contributed by atoms with E-state index >= 15 is 0 Å². The van der Waals surface area contributed by atoms with Crippen LogP contribution in [-0.2, 0) is 6.54 Å². The van der Waals surface area contributed by atoms with Crippen LogP contribution in [-0.4, -0.2) is 16.2 Å². The maximum absolute atomic E-state index is 5.41. The van der Waals surface area contributed by atoms with Crippen molar-refractivity contribution in [2.75, 3.05) is 6.26 Å². The van der Waals surface area contributed by atoms with Crippen LogP contribution in [0.4, 0.5) is 0 Å². The number of thioether (sulfide) groups is 1. The Morgan fingerprint density at radius 2 is 2.20 bits per heavy atom. The average Bonchev–Trinajstić information content (AvgIpc) is 2.04. The zero-order valence-electron chi connectivity index (χ0n) is 5.74. The second-order valence-corrected chi connectivity index (χ2v) is 2.51. The summed E-state index contributed by atoms with van der Waals surface area (Å²) in [5.74, 6) is 0. The van der Waals surface area contributed by atoms with E-state index < -0.39 is 0 Å². The number of hydrogen-bond acceptors (Lipinski definition) is 4. The first-order chi connectivity index (χ1) is 4.88. The molecule has 3 nitrogen and oxygen atoms in total. The van der Waals surface area contributed by atoms with Crippen LogP contribution >= 0.6 is 11.8 Å². The molecular formula is C6H9N3S. The summed E-state index contributed by atoms with van der Waals surface area (Å²) in [5, 5.41) is 0.921. The molecular weight excluding hydrogens is 146 g/mol. The first-order valence-electron chi connectivity index (χ1n) is 2.92. The van der Waals surface area contributed by atoms with E-state index in [1.807, 2.05) is 6.26 Å². The van der Waals surface area contributed by atoms with E-state index in [0.29, 0.717) is 6.54 Å². The molecule has 1 aromatic rings. The zero-order chi connectivity index (χ0) is 7.40. The maximum Gasteiger partial charge on any atom is 0.119 e. The van der Waals surface area contributed by atoms with E-state index in [1.54, 1.807) is 24.2 Å². The van der Waals surface area contributed by atoms with Crippen molar-refractivity contribution in [3.8, 4) is 0 Å². The van der Waals surface area contributed by atoms with Gasteiger partial charge in [-0.3, -0.25) is 4.98 Å². The van der Waals surface area contributed by atoms with Crippen LogP contribution in [0.5, 0.6) is 0 Å². The molecule has 0 aliphatic heterocycles. The third kappa shape index (κ3) is 1.46. The topological polar surface area (TPSA) is 51.8 Å². The highest BCUT2D eigenvalue weighted by Gasteiger charge is 1.98. The summed E-state index contributed by atoms with van der Waals surface area (Å²) in [6, 6.07) is 0. The van der Waals surface area contributed by atoms with E-state index in [1.165, 1.54) is 0 Å². The number of aromatic nitrogens is 2. The molecule has 1 heterocycles. The third-order valence-corrected chi connectivity index (χ3v) is 1.85. The van der Waals surface area contributed by atoms with Gasteiger partial charge >= 0.3 is 0 Å². The van der Waals surface area contributed by atoms with E-state index in [9.17, 15) is 0 Å². The fourth-order valence-corrected chi connectivity index (χ4v) is 1.20. The summed E-state index contributed by atoms with van der Waals surface area (Å²) >= 11 is 1.57. The normalized spacial score (nSPS) is 9.80. The third-order valence-electron chi connectivity index (χ3n) is 1.12. The number of rotatable bonds is 2. The summed E-state index contributed by atoms with van der Waals surface area (Å²) in [5.41, 5.74) is 6.28. The van der Waals surface area contributed by atoms with Gasteiger partial charge in [0, 0.05) is 18.9 Å². The van der Waals surface area contributed by atoms with Crippen molar-refractivity contribution >= 4 is 11.8 Å². The lowest BCUT2D eigenvalue weighted by Crippen LogP contribution is -2.02. The number of nitrogens with zero attached hydrogens (tertiary/aromatic N) is 2. The van der Waals surface area contributed by atoms with E-state index in [-0.39, 0.29) is 0 Å². The summed E-state index contributed by atoms with van der Waals surface area (Å²) in [7, 11) is 0.